The average Bonchev–Trinajstić information content (AvgIpc) is 2.35. The molecule has 0 bridgehead atoms. The largest absolute Gasteiger partial charge is 0.314 e. The zero-order valence-electron chi connectivity index (χ0n) is 8.14. The van der Waals surface area contributed by atoms with Crippen molar-refractivity contribution in [3.63, 3.8) is 0 Å². The van der Waals surface area contributed by atoms with Gasteiger partial charge in [0, 0.05) is 17.6 Å². The van der Waals surface area contributed by atoms with Crippen molar-refractivity contribution in [1.29, 1.82) is 0 Å². The molecule has 0 radical (unpaired) electrons. The fourth-order valence-electron chi connectivity index (χ4n) is 0.890. The molecule has 12 heavy (non-hydrogen) atoms. The molecule has 1 aromatic heterocycles. The molecular weight excluding hydrogens is 168 g/mol. The highest BCUT2D eigenvalue weighted by molar-refractivity contribution is 7.11. The first-order valence-electron chi connectivity index (χ1n) is 4.14. The molecule has 1 N–H and O–H groups in total. The van der Waals surface area contributed by atoms with E-state index in [2.05, 4.69) is 31.1 Å². The van der Waals surface area contributed by atoms with E-state index in [0.29, 0.717) is 0 Å². The quantitative estimate of drug-likeness (QED) is 0.762. The van der Waals surface area contributed by atoms with Crippen LogP contribution in [0.3, 0.4) is 0 Å². The van der Waals surface area contributed by atoms with Crippen LogP contribution in [-0.2, 0) is 12.0 Å². The van der Waals surface area contributed by atoms with Gasteiger partial charge in [-0.1, -0.05) is 20.8 Å². The number of nitrogens with zero attached hydrogens (tertiary/aromatic N) is 1. The first-order chi connectivity index (χ1) is 5.54. The van der Waals surface area contributed by atoms with Crippen LogP contribution in [0.1, 0.15) is 30.7 Å². The van der Waals surface area contributed by atoms with E-state index in [9.17, 15) is 0 Å². The number of rotatable bonds is 2. The van der Waals surface area contributed by atoms with Crippen LogP contribution in [0.2, 0.25) is 0 Å². The van der Waals surface area contributed by atoms with Crippen molar-refractivity contribution in [3.05, 3.63) is 16.1 Å². The normalized spacial score (nSPS) is 12.0. The van der Waals surface area contributed by atoms with Gasteiger partial charge in [0.25, 0.3) is 0 Å². The second-order valence-electron chi connectivity index (χ2n) is 3.90. The summed E-state index contributed by atoms with van der Waals surface area (Å²) in [7, 11) is 1.94. The summed E-state index contributed by atoms with van der Waals surface area (Å²) in [6.45, 7) is 7.51. The lowest BCUT2D eigenvalue weighted by Crippen LogP contribution is -2.08. The third kappa shape index (κ3) is 2.29. The van der Waals surface area contributed by atoms with Gasteiger partial charge >= 0.3 is 0 Å². The Morgan fingerprint density at radius 3 is 2.58 bits per heavy atom. The Kier molecular flexibility index (Phi) is 2.85. The molecule has 3 heteroatoms. The summed E-state index contributed by atoms with van der Waals surface area (Å²) in [6, 6.07) is 0. The fraction of sp³-hybridized carbons (Fsp3) is 0.667. The van der Waals surface area contributed by atoms with Gasteiger partial charge in [-0.2, -0.15) is 0 Å². The highest BCUT2D eigenvalue weighted by Crippen LogP contribution is 2.27. The predicted molar refractivity (Wildman–Crippen MR) is 53.6 cm³/mol. The van der Waals surface area contributed by atoms with E-state index in [-0.39, 0.29) is 5.41 Å². The molecule has 0 aromatic carbocycles. The van der Waals surface area contributed by atoms with Crippen LogP contribution < -0.4 is 5.32 Å². The molecule has 1 heterocycles. The molecule has 0 spiro atoms. The first kappa shape index (κ1) is 9.68. The standard InChI is InChI=1S/C9H16N2S/c1-9(2,3)7-5-11-8(12-7)6-10-4/h5,10H,6H2,1-4H3. The van der Waals surface area contributed by atoms with Gasteiger partial charge in [0.15, 0.2) is 0 Å². The van der Waals surface area contributed by atoms with Crippen molar-refractivity contribution in [3.8, 4) is 0 Å². The summed E-state index contributed by atoms with van der Waals surface area (Å²) >= 11 is 1.79. The van der Waals surface area contributed by atoms with Gasteiger partial charge in [0.2, 0.25) is 0 Å². The number of aromatic nitrogens is 1. The summed E-state index contributed by atoms with van der Waals surface area (Å²) in [4.78, 5) is 5.68. The number of nitrogens with one attached hydrogen (secondary N) is 1. The minimum absolute atomic E-state index is 0.240. The van der Waals surface area contributed by atoms with Gasteiger partial charge < -0.3 is 5.32 Å². The van der Waals surface area contributed by atoms with Crippen LogP contribution in [-0.4, -0.2) is 12.0 Å². The molecule has 0 fully saturated rings. The second-order valence-corrected chi connectivity index (χ2v) is 5.01. The maximum Gasteiger partial charge on any atom is 0.107 e. The Bertz CT molecular complexity index is 247. The molecule has 0 aliphatic rings. The minimum Gasteiger partial charge on any atom is -0.314 e. The Hall–Kier alpha value is -0.410. The Morgan fingerprint density at radius 2 is 2.17 bits per heavy atom. The molecule has 0 unspecified atom stereocenters. The first-order valence-corrected chi connectivity index (χ1v) is 4.95. The van der Waals surface area contributed by atoms with Crippen molar-refractivity contribution < 1.29 is 0 Å². The van der Waals surface area contributed by atoms with Crippen molar-refractivity contribution in [2.45, 2.75) is 32.7 Å². The lowest BCUT2D eigenvalue weighted by Gasteiger charge is -2.14. The Morgan fingerprint density at radius 1 is 1.50 bits per heavy atom. The topological polar surface area (TPSA) is 24.9 Å². The van der Waals surface area contributed by atoms with Crippen molar-refractivity contribution in [1.82, 2.24) is 10.3 Å². The van der Waals surface area contributed by atoms with E-state index in [1.807, 2.05) is 13.2 Å². The predicted octanol–water partition coefficient (Wildman–Crippen LogP) is 2.16. The van der Waals surface area contributed by atoms with Crippen molar-refractivity contribution >= 4 is 11.3 Å². The second kappa shape index (κ2) is 3.54. The van der Waals surface area contributed by atoms with E-state index in [1.54, 1.807) is 11.3 Å². The molecule has 0 aliphatic carbocycles. The third-order valence-corrected chi connectivity index (χ3v) is 3.04. The number of hydrogen-bond acceptors (Lipinski definition) is 3. The average molecular weight is 184 g/mol. The molecule has 0 aliphatic heterocycles. The smallest absolute Gasteiger partial charge is 0.107 e. The Labute approximate surface area is 78.0 Å². The van der Waals surface area contributed by atoms with E-state index in [0.717, 1.165) is 6.54 Å². The molecule has 1 rings (SSSR count). The van der Waals surface area contributed by atoms with Crippen LogP contribution in [0.4, 0.5) is 0 Å². The lowest BCUT2D eigenvalue weighted by molar-refractivity contribution is 0.602. The SMILES string of the molecule is CNCc1ncc(C(C)(C)C)s1. The van der Waals surface area contributed by atoms with Gasteiger partial charge in [-0.3, -0.25) is 0 Å². The molecule has 1 aromatic rings. The van der Waals surface area contributed by atoms with Gasteiger partial charge in [-0.25, -0.2) is 4.98 Å². The number of hydrogen-bond donors (Lipinski definition) is 1. The summed E-state index contributed by atoms with van der Waals surface area (Å²) < 4.78 is 0. The lowest BCUT2D eigenvalue weighted by atomic mass is 9.96. The molecule has 0 atom stereocenters. The van der Waals surface area contributed by atoms with E-state index >= 15 is 0 Å². The van der Waals surface area contributed by atoms with E-state index < -0.39 is 0 Å². The highest BCUT2D eigenvalue weighted by Gasteiger charge is 2.16. The molecular formula is C9H16N2S. The fourth-order valence-corrected chi connectivity index (χ4v) is 1.88. The summed E-state index contributed by atoms with van der Waals surface area (Å²) in [5, 5.41) is 4.27. The van der Waals surface area contributed by atoms with Crippen LogP contribution in [0.5, 0.6) is 0 Å². The van der Waals surface area contributed by atoms with E-state index in [1.165, 1.54) is 9.88 Å². The highest BCUT2D eigenvalue weighted by atomic mass is 32.1. The minimum atomic E-state index is 0.240. The maximum atomic E-state index is 4.33. The van der Waals surface area contributed by atoms with Gasteiger partial charge in [0.05, 0.1) is 0 Å². The van der Waals surface area contributed by atoms with Crippen molar-refractivity contribution in [2.75, 3.05) is 7.05 Å². The molecule has 68 valence electrons. The van der Waals surface area contributed by atoms with Gasteiger partial charge in [-0.15, -0.1) is 11.3 Å². The van der Waals surface area contributed by atoms with Crippen LogP contribution in [0, 0.1) is 0 Å². The summed E-state index contributed by atoms with van der Waals surface area (Å²) in [5.74, 6) is 0. The summed E-state index contributed by atoms with van der Waals surface area (Å²) in [6.07, 6.45) is 1.98. The monoisotopic (exact) mass is 184 g/mol. The van der Waals surface area contributed by atoms with Crippen molar-refractivity contribution in [2.24, 2.45) is 0 Å². The zero-order valence-corrected chi connectivity index (χ0v) is 8.96. The summed E-state index contributed by atoms with van der Waals surface area (Å²) in [5.41, 5.74) is 0.240. The van der Waals surface area contributed by atoms with E-state index in [4.69, 9.17) is 0 Å². The third-order valence-electron chi connectivity index (χ3n) is 1.62. The van der Waals surface area contributed by atoms with Gasteiger partial charge in [0.1, 0.15) is 5.01 Å². The number of thiazole rings is 1. The van der Waals surface area contributed by atoms with Crippen LogP contribution >= 0.6 is 11.3 Å². The molecule has 2 nitrogen and oxygen atoms in total. The maximum absolute atomic E-state index is 4.33. The zero-order chi connectivity index (χ0) is 9.19. The molecule has 0 saturated heterocycles. The molecule has 0 saturated carbocycles. The van der Waals surface area contributed by atoms with Crippen LogP contribution in [0.15, 0.2) is 6.20 Å². The Balaban J connectivity index is 2.77. The van der Waals surface area contributed by atoms with Gasteiger partial charge in [-0.05, 0) is 12.5 Å². The molecule has 0 amide bonds. The van der Waals surface area contributed by atoms with Crippen LogP contribution in [0.25, 0.3) is 0 Å².